The Balaban J connectivity index is 0.00000300. The summed E-state index contributed by atoms with van der Waals surface area (Å²) < 4.78 is 0. The second-order valence-corrected chi connectivity index (χ2v) is 7.36. The number of carbonyl (C=O) groups excluding carboxylic acids is 2. The molecule has 160 valence electrons. The molecular formula is C21H32IN5O2. The molecule has 0 aliphatic carbocycles. The van der Waals surface area contributed by atoms with Gasteiger partial charge in [-0.2, -0.15) is 0 Å². The minimum atomic E-state index is -0.320. The van der Waals surface area contributed by atoms with E-state index in [1.807, 2.05) is 0 Å². The van der Waals surface area contributed by atoms with E-state index in [-0.39, 0.29) is 42.5 Å². The Morgan fingerprint density at radius 3 is 2.62 bits per heavy atom. The van der Waals surface area contributed by atoms with Gasteiger partial charge in [0.15, 0.2) is 5.96 Å². The van der Waals surface area contributed by atoms with Crippen molar-refractivity contribution in [2.75, 3.05) is 39.3 Å². The third kappa shape index (κ3) is 5.83. The first-order chi connectivity index (χ1) is 13.6. The molecule has 2 fully saturated rings. The Bertz CT molecular complexity index is 696. The Hall–Kier alpha value is -1.84. The molecule has 0 spiro atoms. The van der Waals surface area contributed by atoms with Gasteiger partial charge in [0.05, 0.1) is 19.6 Å². The molecule has 0 radical (unpaired) electrons. The number of carbonyl (C=O) groups is 2. The molecule has 3 amide bonds. The number of rotatable bonds is 6. The van der Waals surface area contributed by atoms with Crippen molar-refractivity contribution >= 4 is 41.9 Å². The molecule has 2 atom stereocenters. The fourth-order valence-corrected chi connectivity index (χ4v) is 4.14. The van der Waals surface area contributed by atoms with Crippen LogP contribution < -0.4 is 10.6 Å². The highest BCUT2D eigenvalue weighted by atomic mass is 127. The van der Waals surface area contributed by atoms with Crippen LogP contribution in [0, 0.1) is 5.92 Å². The van der Waals surface area contributed by atoms with Gasteiger partial charge >= 0.3 is 6.03 Å². The van der Waals surface area contributed by atoms with Crippen LogP contribution in [0.3, 0.4) is 0 Å². The summed E-state index contributed by atoms with van der Waals surface area (Å²) in [5, 5.41) is 5.91. The number of likely N-dealkylation sites (tertiary alicyclic amines) is 1. The Morgan fingerprint density at radius 2 is 2.00 bits per heavy atom. The van der Waals surface area contributed by atoms with E-state index in [4.69, 9.17) is 4.99 Å². The Morgan fingerprint density at radius 1 is 1.24 bits per heavy atom. The maximum atomic E-state index is 11.7. The van der Waals surface area contributed by atoms with E-state index in [9.17, 15) is 9.59 Å². The third-order valence-corrected chi connectivity index (χ3v) is 5.64. The summed E-state index contributed by atoms with van der Waals surface area (Å²) in [7, 11) is 0. The van der Waals surface area contributed by atoms with Crippen LogP contribution in [-0.2, 0) is 4.79 Å². The van der Waals surface area contributed by atoms with Crippen LogP contribution in [-0.4, -0.2) is 67.0 Å². The predicted octanol–water partition coefficient (Wildman–Crippen LogP) is 2.64. The normalized spacial score (nSPS) is 22.3. The minimum absolute atomic E-state index is 0. The Kier molecular flexibility index (Phi) is 9.19. The average molecular weight is 513 g/mol. The van der Waals surface area contributed by atoms with Gasteiger partial charge in [0.2, 0.25) is 5.91 Å². The lowest BCUT2D eigenvalue weighted by molar-refractivity contribution is -0.124. The monoisotopic (exact) mass is 513 g/mol. The number of guanidine groups is 1. The number of halogens is 1. The first-order valence-electron chi connectivity index (χ1n) is 10.3. The van der Waals surface area contributed by atoms with Crippen LogP contribution in [0.15, 0.2) is 35.3 Å². The van der Waals surface area contributed by atoms with E-state index in [1.54, 1.807) is 0 Å². The smallest absolute Gasteiger partial charge is 0.324 e. The topological polar surface area (TPSA) is 77.0 Å². The van der Waals surface area contributed by atoms with Crippen molar-refractivity contribution < 1.29 is 9.59 Å². The van der Waals surface area contributed by atoms with Crippen LogP contribution in [0.2, 0.25) is 0 Å². The van der Waals surface area contributed by atoms with Gasteiger partial charge in [-0.25, -0.2) is 4.79 Å². The number of piperidine rings is 1. The number of amides is 3. The molecule has 0 bridgehead atoms. The number of hydrogen-bond donors (Lipinski definition) is 2. The van der Waals surface area contributed by atoms with Crippen molar-refractivity contribution in [1.29, 1.82) is 0 Å². The molecule has 2 aliphatic rings. The molecule has 2 heterocycles. The summed E-state index contributed by atoms with van der Waals surface area (Å²) in [5.74, 6) is 1.85. The van der Waals surface area contributed by atoms with Gasteiger partial charge in [-0.15, -0.1) is 24.0 Å². The largest absolute Gasteiger partial charge is 0.357 e. The fourth-order valence-electron chi connectivity index (χ4n) is 4.14. The van der Waals surface area contributed by atoms with Crippen LogP contribution in [0.4, 0.5) is 4.79 Å². The second kappa shape index (κ2) is 11.4. The van der Waals surface area contributed by atoms with Gasteiger partial charge in [0, 0.05) is 19.6 Å². The molecule has 1 aromatic carbocycles. The number of benzene rings is 1. The van der Waals surface area contributed by atoms with Gasteiger partial charge in [0.1, 0.15) is 0 Å². The van der Waals surface area contributed by atoms with Gasteiger partial charge in [-0.1, -0.05) is 43.7 Å². The second-order valence-electron chi connectivity index (χ2n) is 7.36. The number of imide groups is 1. The van der Waals surface area contributed by atoms with Gasteiger partial charge in [-0.05, 0) is 30.7 Å². The summed E-state index contributed by atoms with van der Waals surface area (Å²) in [5.41, 5.74) is 1.43. The summed E-state index contributed by atoms with van der Waals surface area (Å²) in [6, 6.07) is 10.5. The highest BCUT2D eigenvalue weighted by molar-refractivity contribution is 14.0. The average Bonchev–Trinajstić information content (AvgIpc) is 3.05. The lowest BCUT2D eigenvalue weighted by atomic mass is 9.79. The van der Waals surface area contributed by atoms with E-state index in [2.05, 4.69) is 59.7 Å². The molecule has 1 aromatic rings. The van der Waals surface area contributed by atoms with E-state index in [0.717, 1.165) is 38.4 Å². The molecule has 8 heteroatoms. The number of hydrogen-bond acceptors (Lipinski definition) is 3. The van der Waals surface area contributed by atoms with E-state index in [1.165, 1.54) is 10.5 Å². The summed E-state index contributed by atoms with van der Waals surface area (Å²) in [6.07, 6.45) is 2.22. The summed E-state index contributed by atoms with van der Waals surface area (Å²) >= 11 is 0. The van der Waals surface area contributed by atoms with Crippen LogP contribution in [0.25, 0.3) is 0 Å². The lowest BCUT2D eigenvalue weighted by Crippen LogP contribution is -2.48. The predicted molar refractivity (Wildman–Crippen MR) is 126 cm³/mol. The molecule has 29 heavy (non-hydrogen) atoms. The molecule has 7 nitrogen and oxygen atoms in total. The number of urea groups is 1. The first kappa shape index (κ1) is 23.4. The zero-order chi connectivity index (χ0) is 19.9. The van der Waals surface area contributed by atoms with Crippen molar-refractivity contribution in [3.8, 4) is 0 Å². The lowest BCUT2D eigenvalue weighted by Gasteiger charge is -2.40. The van der Waals surface area contributed by atoms with E-state index < -0.39 is 0 Å². The molecule has 2 N–H and O–H groups in total. The standard InChI is InChI=1S/C21H31N5O2.HI/c1-3-16-15-25(12-10-18(16)17-8-6-5-7-9-17)20(22-4-2)23-11-13-26-19(27)14-24-21(26)28;/h5-9,16,18H,3-4,10-15H2,1-2H3,(H,22,23)(H,24,28);1H. The van der Waals surface area contributed by atoms with Crippen LogP contribution >= 0.6 is 24.0 Å². The zero-order valence-corrected chi connectivity index (χ0v) is 19.6. The minimum Gasteiger partial charge on any atom is -0.357 e. The molecule has 2 unspecified atom stereocenters. The molecule has 0 aromatic heterocycles. The van der Waals surface area contributed by atoms with Gasteiger partial charge in [-0.3, -0.25) is 14.7 Å². The summed E-state index contributed by atoms with van der Waals surface area (Å²) in [6.45, 7) is 7.84. The fraction of sp³-hybridized carbons (Fsp3) is 0.571. The van der Waals surface area contributed by atoms with Crippen molar-refractivity contribution in [2.45, 2.75) is 32.6 Å². The maximum absolute atomic E-state index is 11.7. The van der Waals surface area contributed by atoms with Crippen molar-refractivity contribution in [2.24, 2.45) is 10.9 Å². The molecular weight excluding hydrogens is 481 g/mol. The van der Waals surface area contributed by atoms with Gasteiger partial charge < -0.3 is 15.5 Å². The first-order valence-corrected chi connectivity index (χ1v) is 10.3. The van der Waals surface area contributed by atoms with E-state index in [0.29, 0.717) is 24.9 Å². The van der Waals surface area contributed by atoms with Crippen molar-refractivity contribution in [3.63, 3.8) is 0 Å². The number of aliphatic imine (C=N–C) groups is 1. The molecule has 2 saturated heterocycles. The van der Waals surface area contributed by atoms with Crippen LogP contribution in [0.1, 0.15) is 38.2 Å². The highest BCUT2D eigenvalue weighted by Gasteiger charge is 2.31. The number of nitrogens with zero attached hydrogens (tertiary/aromatic N) is 3. The SMILES string of the molecule is CCNC(=NCCN1C(=O)CNC1=O)N1CCC(c2ccccc2)C(CC)C1.I. The maximum Gasteiger partial charge on any atom is 0.324 e. The van der Waals surface area contributed by atoms with Crippen LogP contribution in [0.5, 0.6) is 0 Å². The quantitative estimate of drug-likeness (QED) is 0.266. The Labute approximate surface area is 190 Å². The summed E-state index contributed by atoms with van der Waals surface area (Å²) in [4.78, 5) is 31.6. The highest BCUT2D eigenvalue weighted by Crippen LogP contribution is 2.34. The van der Waals surface area contributed by atoms with Crippen molar-refractivity contribution in [1.82, 2.24) is 20.4 Å². The number of nitrogens with one attached hydrogen (secondary N) is 2. The molecule has 3 rings (SSSR count). The molecule has 0 saturated carbocycles. The van der Waals surface area contributed by atoms with Gasteiger partial charge in [0.25, 0.3) is 0 Å². The molecule has 2 aliphatic heterocycles. The van der Waals surface area contributed by atoms with Crippen molar-refractivity contribution in [3.05, 3.63) is 35.9 Å². The van der Waals surface area contributed by atoms with E-state index >= 15 is 0 Å². The zero-order valence-electron chi connectivity index (χ0n) is 17.3. The third-order valence-electron chi connectivity index (χ3n) is 5.64.